The number of halogens is 1. The highest BCUT2D eigenvalue weighted by Crippen LogP contribution is 2.37. The zero-order valence-electron chi connectivity index (χ0n) is 23.2. The molecule has 2 atom stereocenters. The second-order valence-electron chi connectivity index (χ2n) is 11.6. The van der Waals surface area contributed by atoms with E-state index in [0.29, 0.717) is 25.2 Å². The van der Waals surface area contributed by atoms with Crippen molar-refractivity contribution in [3.8, 4) is 11.8 Å². The van der Waals surface area contributed by atoms with E-state index in [9.17, 15) is 23.3 Å². The van der Waals surface area contributed by atoms with Gasteiger partial charge in [-0.1, -0.05) is 18.0 Å². The molecule has 1 aromatic rings. The summed E-state index contributed by atoms with van der Waals surface area (Å²) in [6, 6.07) is 5.38. The lowest BCUT2D eigenvalue weighted by molar-refractivity contribution is -0.162. The predicted octanol–water partition coefficient (Wildman–Crippen LogP) is 3.46. The van der Waals surface area contributed by atoms with E-state index < -0.39 is 44.3 Å². The van der Waals surface area contributed by atoms with Crippen LogP contribution in [-0.2, 0) is 24.2 Å². The highest BCUT2D eigenvalue weighted by Gasteiger charge is 2.51. The second kappa shape index (κ2) is 12.1. The average molecular weight is 597 g/mol. The summed E-state index contributed by atoms with van der Waals surface area (Å²) in [5.74, 6) is -0.130. The summed E-state index contributed by atoms with van der Waals surface area (Å²) in [6.45, 7) is 8.03. The number of hydrogen-bond acceptors (Lipinski definition) is 10. The molecular weight excluding hydrogens is 560 g/mol. The largest absolute Gasteiger partial charge is 0.528 e. The monoisotopic (exact) mass is 596 g/mol. The summed E-state index contributed by atoms with van der Waals surface area (Å²) in [6.07, 6.45) is 3.39. The first-order valence-corrected chi connectivity index (χ1v) is 15.5. The molecule has 1 aromatic carbocycles. The highest BCUT2D eigenvalue weighted by molar-refractivity contribution is 7.92. The number of carbonyl (C=O) groups is 2. The van der Waals surface area contributed by atoms with Gasteiger partial charge in [-0.15, -0.1) is 5.06 Å². The molecule has 40 heavy (non-hydrogen) atoms. The van der Waals surface area contributed by atoms with Gasteiger partial charge >= 0.3 is 6.16 Å². The maximum absolute atomic E-state index is 13.7. The molecule has 0 unspecified atom stereocenters. The number of nitriles is 1. The van der Waals surface area contributed by atoms with E-state index in [-0.39, 0.29) is 22.9 Å². The summed E-state index contributed by atoms with van der Waals surface area (Å²) in [7, 11) is -4.04. The van der Waals surface area contributed by atoms with Gasteiger partial charge in [0.15, 0.2) is 9.84 Å². The van der Waals surface area contributed by atoms with Crippen LogP contribution in [0.3, 0.4) is 0 Å². The Balaban J connectivity index is 1.46. The van der Waals surface area contributed by atoms with Crippen LogP contribution < -0.4 is 10.1 Å². The van der Waals surface area contributed by atoms with Crippen molar-refractivity contribution in [1.29, 1.82) is 5.26 Å². The zero-order chi connectivity index (χ0) is 29.1. The smallest absolute Gasteiger partial charge is 0.492 e. The number of nitrogens with zero attached hydrogens (tertiary/aromatic N) is 3. The van der Waals surface area contributed by atoms with Crippen LogP contribution in [0.25, 0.3) is 0 Å². The predicted molar refractivity (Wildman–Crippen MR) is 146 cm³/mol. The Kier molecular flexibility index (Phi) is 9.19. The number of likely N-dealkylation sites (tertiary alicyclic amines) is 1. The molecule has 0 aromatic heterocycles. The van der Waals surface area contributed by atoms with E-state index in [0.717, 1.165) is 24.7 Å². The number of sulfone groups is 1. The molecule has 0 bridgehead atoms. The van der Waals surface area contributed by atoms with Gasteiger partial charge in [0, 0.05) is 12.6 Å². The molecule has 3 aliphatic rings. The molecule has 0 spiro atoms. The summed E-state index contributed by atoms with van der Waals surface area (Å²) in [5, 5.41) is 12.0. The molecule has 2 heterocycles. The van der Waals surface area contributed by atoms with Gasteiger partial charge in [-0.3, -0.25) is 9.69 Å². The van der Waals surface area contributed by atoms with Crippen molar-refractivity contribution < 1.29 is 32.3 Å². The molecule has 3 fully saturated rings. The summed E-state index contributed by atoms with van der Waals surface area (Å²) in [5.41, 5.74) is -1.83. The molecule has 1 N–H and O–H groups in total. The van der Waals surface area contributed by atoms with E-state index in [1.807, 2.05) is 0 Å². The number of ether oxygens (including phenoxy) is 2. The molecule has 11 nitrogen and oxygen atoms in total. The fourth-order valence-electron chi connectivity index (χ4n) is 4.86. The van der Waals surface area contributed by atoms with Crippen molar-refractivity contribution in [3.63, 3.8) is 0 Å². The molecule has 2 saturated heterocycles. The van der Waals surface area contributed by atoms with Gasteiger partial charge in [-0.2, -0.15) is 5.26 Å². The zero-order valence-corrected chi connectivity index (χ0v) is 24.7. The Morgan fingerprint density at radius 3 is 2.50 bits per heavy atom. The summed E-state index contributed by atoms with van der Waals surface area (Å²) >= 11 is 6.42. The first kappa shape index (κ1) is 30.4. The Bertz CT molecular complexity index is 1250. The molecule has 4 rings (SSSR count). The molecule has 1 saturated carbocycles. The van der Waals surface area contributed by atoms with Crippen LogP contribution in [-0.4, -0.2) is 85.7 Å². The summed E-state index contributed by atoms with van der Waals surface area (Å²) in [4.78, 5) is 33.0. The quantitative estimate of drug-likeness (QED) is 0.422. The molecule has 0 radical (unpaired) electrons. The van der Waals surface area contributed by atoms with Crippen LogP contribution in [0.1, 0.15) is 59.3 Å². The minimum atomic E-state index is -4.04. The van der Waals surface area contributed by atoms with Gasteiger partial charge in [0.05, 0.1) is 27.8 Å². The molecule has 220 valence electrons. The van der Waals surface area contributed by atoms with Gasteiger partial charge in [0.25, 0.3) is 0 Å². The van der Waals surface area contributed by atoms with Gasteiger partial charge in [-0.05, 0) is 78.1 Å². The van der Waals surface area contributed by atoms with E-state index in [1.54, 1.807) is 26.8 Å². The number of amides is 1. The Morgan fingerprint density at radius 2 is 1.90 bits per heavy atom. The lowest BCUT2D eigenvalue weighted by Gasteiger charge is -2.26. The minimum Gasteiger partial charge on any atom is -0.492 e. The highest BCUT2D eigenvalue weighted by atomic mass is 35.5. The van der Waals surface area contributed by atoms with Crippen molar-refractivity contribution in [1.82, 2.24) is 15.3 Å². The van der Waals surface area contributed by atoms with Crippen LogP contribution in [0, 0.1) is 11.3 Å². The normalized spacial score (nSPS) is 23.2. The molecule has 1 aliphatic carbocycles. The first-order valence-electron chi connectivity index (χ1n) is 13.6. The van der Waals surface area contributed by atoms with E-state index in [2.05, 4.69) is 16.3 Å². The fourth-order valence-corrected chi connectivity index (χ4v) is 7.08. The number of hydrogen-bond donors (Lipinski definition) is 1. The number of hydroxylamine groups is 2. The Hall–Kier alpha value is -2.59. The molecular formula is C27H37ClN4O7S. The third kappa shape index (κ3) is 7.57. The van der Waals surface area contributed by atoms with Gasteiger partial charge in [-0.25, -0.2) is 13.2 Å². The maximum atomic E-state index is 13.7. The number of nitrogens with one attached hydrogen (secondary N) is 1. The first-order chi connectivity index (χ1) is 18.8. The van der Waals surface area contributed by atoms with Crippen molar-refractivity contribution in [2.75, 3.05) is 32.8 Å². The van der Waals surface area contributed by atoms with E-state index in [4.69, 9.17) is 25.9 Å². The summed E-state index contributed by atoms with van der Waals surface area (Å²) < 4.78 is 38.3. The topological polar surface area (TPSA) is 138 Å². The standard InChI is InChI=1S/C27H37ClN4O7S/c1-26(2,3)38-25(34)39-32-17-20(16-22(32)24(33)30-27(18-29)9-10-27)40(35,36)23-8-7-19(15-21(23)28)37-14-13-31-11-5-4-6-12-31/h7-8,15,20,22H,4-6,9-14,16-17H2,1-3H3,(H,30,33)/t20-,22+/m1/s1. The van der Waals surface area contributed by atoms with Gasteiger partial charge < -0.3 is 19.6 Å². The molecule has 13 heteroatoms. The van der Waals surface area contributed by atoms with Crippen LogP contribution >= 0.6 is 11.6 Å². The van der Waals surface area contributed by atoms with Gasteiger partial charge in [0.1, 0.15) is 29.5 Å². The number of piperidine rings is 1. The third-order valence-electron chi connectivity index (χ3n) is 7.20. The van der Waals surface area contributed by atoms with Crippen molar-refractivity contribution in [2.24, 2.45) is 0 Å². The minimum absolute atomic E-state index is 0.00407. The van der Waals surface area contributed by atoms with Crippen LogP contribution in [0.5, 0.6) is 5.75 Å². The lowest BCUT2D eigenvalue weighted by atomic mass is 10.1. The third-order valence-corrected chi connectivity index (χ3v) is 9.81. The fraction of sp³-hybridized carbons (Fsp3) is 0.667. The van der Waals surface area contributed by atoms with Crippen molar-refractivity contribution in [3.05, 3.63) is 23.2 Å². The van der Waals surface area contributed by atoms with Gasteiger partial charge in [0.2, 0.25) is 5.91 Å². The SMILES string of the molecule is CC(C)(C)OC(=O)ON1C[C@H](S(=O)(=O)c2ccc(OCCN3CCCCC3)cc2Cl)C[C@H]1C(=O)NC1(C#N)CC1. The van der Waals surface area contributed by atoms with Crippen LogP contribution in [0.4, 0.5) is 4.79 Å². The van der Waals surface area contributed by atoms with Crippen LogP contribution in [0.15, 0.2) is 23.1 Å². The van der Waals surface area contributed by atoms with Crippen molar-refractivity contribution >= 4 is 33.5 Å². The van der Waals surface area contributed by atoms with E-state index >= 15 is 0 Å². The lowest BCUT2D eigenvalue weighted by Crippen LogP contribution is -2.48. The number of benzene rings is 1. The number of rotatable bonds is 9. The Morgan fingerprint density at radius 1 is 1.20 bits per heavy atom. The average Bonchev–Trinajstić information content (AvgIpc) is 3.52. The Labute approximate surface area is 240 Å². The number of carbonyl (C=O) groups excluding carboxylic acids is 2. The van der Waals surface area contributed by atoms with E-state index in [1.165, 1.54) is 31.4 Å². The maximum Gasteiger partial charge on any atom is 0.528 e. The van der Waals surface area contributed by atoms with Crippen LogP contribution in [0.2, 0.25) is 5.02 Å². The van der Waals surface area contributed by atoms with Crippen molar-refractivity contribution in [2.45, 2.75) is 86.6 Å². The second-order valence-corrected chi connectivity index (χ2v) is 14.2. The molecule has 1 amide bonds. The molecule has 2 aliphatic heterocycles.